The summed E-state index contributed by atoms with van der Waals surface area (Å²) in [6, 6.07) is 7.20. The average Bonchev–Trinajstić information content (AvgIpc) is 2.76. The second-order valence-corrected chi connectivity index (χ2v) is 13.6. The van der Waals surface area contributed by atoms with Gasteiger partial charge in [0.2, 0.25) is 0 Å². The van der Waals surface area contributed by atoms with Crippen LogP contribution in [0.4, 0.5) is 13.2 Å². The number of halogens is 3. The second kappa shape index (κ2) is 12.3. The molecular weight excluding hydrogens is 397 g/mol. The summed E-state index contributed by atoms with van der Waals surface area (Å²) in [5.74, 6) is -1.51. The Morgan fingerprint density at radius 1 is 0.767 bits per heavy atom. The zero-order valence-electron chi connectivity index (χ0n) is 18.9. The second-order valence-electron chi connectivity index (χ2n) is 10.2. The largest absolute Gasteiger partial charge is 0.204 e. The van der Waals surface area contributed by atoms with E-state index in [9.17, 15) is 13.2 Å². The van der Waals surface area contributed by atoms with Crippen LogP contribution in [0.3, 0.4) is 0 Å². The van der Waals surface area contributed by atoms with Crippen molar-refractivity contribution in [2.75, 3.05) is 0 Å². The van der Waals surface area contributed by atoms with Crippen molar-refractivity contribution >= 4 is 8.80 Å². The first-order chi connectivity index (χ1) is 14.6. The third-order valence-corrected chi connectivity index (χ3v) is 11.5. The molecule has 1 aromatic rings. The third-order valence-electron chi connectivity index (χ3n) is 7.98. The molecular formula is C26H41F3Si. The Hall–Kier alpha value is -0.773. The van der Waals surface area contributed by atoms with Gasteiger partial charge in [0.05, 0.1) is 0 Å². The highest BCUT2D eigenvalue weighted by Crippen LogP contribution is 2.39. The first-order valence-electron chi connectivity index (χ1n) is 12.7. The molecule has 0 amide bonds. The molecule has 4 heteroatoms. The summed E-state index contributed by atoms with van der Waals surface area (Å²) in [5.41, 5.74) is 0.638. The van der Waals surface area contributed by atoms with Crippen molar-refractivity contribution in [3.05, 3.63) is 35.1 Å². The number of unbranched alkanes of at least 4 members (excludes halogenated alkanes) is 3. The predicted molar refractivity (Wildman–Crippen MR) is 123 cm³/mol. The van der Waals surface area contributed by atoms with Gasteiger partial charge in [-0.05, 0) is 61.1 Å². The molecule has 2 fully saturated rings. The van der Waals surface area contributed by atoms with Gasteiger partial charge in [0.1, 0.15) is 0 Å². The Kier molecular flexibility index (Phi) is 9.80. The van der Waals surface area contributed by atoms with Crippen LogP contribution in [0, 0.1) is 29.3 Å². The van der Waals surface area contributed by atoms with Crippen LogP contribution in [0.15, 0.2) is 12.1 Å². The molecule has 1 heterocycles. The van der Waals surface area contributed by atoms with Crippen LogP contribution >= 0.6 is 0 Å². The molecule has 3 rings (SSSR count). The smallest absolute Gasteiger partial charge is 0.194 e. The lowest BCUT2D eigenvalue weighted by Crippen LogP contribution is -2.21. The van der Waals surface area contributed by atoms with E-state index in [4.69, 9.17) is 0 Å². The third kappa shape index (κ3) is 7.14. The van der Waals surface area contributed by atoms with Crippen molar-refractivity contribution in [3.8, 4) is 0 Å². The van der Waals surface area contributed by atoms with Gasteiger partial charge in [0.25, 0.3) is 0 Å². The first-order valence-corrected chi connectivity index (χ1v) is 15.2. The zero-order valence-corrected chi connectivity index (χ0v) is 20.1. The number of rotatable bonds is 10. The van der Waals surface area contributed by atoms with Crippen molar-refractivity contribution in [1.82, 2.24) is 0 Å². The quantitative estimate of drug-likeness (QED) is 0.194. The SMILES string of the molecule is CCCCC[Si@H]1CC[C@H](CCCC[C@H]2CC[C@H](c3cc(F)c(F)c(F)c3)CC2)CC1. The van der Waals surface area contributed by atoms with Gasteiger partial charge >= 0.3 is 0 Å². The molecule has 1 saturated heterocycles. The van der Waals surface area contributed by atoms with E-state index in [0.29, 0.717) is 5.56 Å². The Morgan fingerprint density at radius 2 is 1.33 bits per heavy atom. The van der Waals surface area contributed by atoms with Crippen LogP contribution in [0.2, 0.25) is 18.1 Å². The molecule has 170 valence electrons. The van der Waals surface area contributed by atoms with Gasteiger partial charge < -0.3 is 0 Å². The first kappa shape index (κ1) is 23.9. The van der Waals surface area contributed by atoms with Crippen molar-refractivity contribution in [3.63, 3.8) is 0 Å². The lowest BCUT2D eigenvalue weighted by molar-refractivity contribution is 0.296. The molecule has 1 aliphatic carbocycles. The van der Waals surface area contributed by atoms with Gasteiger partial charge in [-0.15, -0.1) is 0 Å². The highest BCUT2D eigenvalue weighted by Gasteiger charge is 2.25. The molecule has 1 aromatic carbocycles. The van der Waals surface area contributed by atoms with E-state index < -0.39 is 17.5 Å². The Bertz CT molecular complexity index is 608. The Labute approximate surface area is 183 Å². The van der Waals surface area contributed by atoms with E-state index in [1.807, 2.05) is 0 Å². The summed E-state index contributed by atoms with van der Waals surface area (Å²) in [6.07, 6.45) is 17.0. The van der Waals surface area contributed by atoms with Crippen LogP contribution < -0.4 is 0 Å². The number of benzene rings is 1. The van der Waals surface area contributed by atoms with Crippen molar-refractivity contribution < 1.29 is 13.2 Å². The van der Waals surface area contributed by atoms with Crippen LogP contribution in [0.1, 0.15) is 102 Å². The van der Waals surface area contributed by atoms with Crippen LogP contribution in [-0.4, -0.2) is 8.80 Å². The van der Waals surface area contributed by atoms with Crippen molar-refractivity contribution in [2.24, 2.45) is 11.8 Å². The molecule has 0 atom stereocenters. The van der Waals surface area contributed by atoms with Crippen LogP contribution in [-0.2, 0) is 0 Å². The molecule has 1 saturated carbocycles. The molecule has 0 unspecified atom stereocenters. The summed E-state index contributed by atoms with van der Waals surface area (Å²) in [7, 11) is -0.370. The van der Waals surface area contributed by atoms with E-state index in [1.165, 1.54) is 69.9 Å². The highest BCUT2D eigenvalue weighted by atomic mass is 28.3. The van der Waals surface area contributed by atoms with Crippen LogP contribution in [0.25, 0.3) is 0 Å². The molecule has 0 N–H and O–H groups in total. The van der Waals surface area contributed by atoms with E-state index in [2.05, 4.69) is 6.92 Å². The fourth-order valence-electron chi connectivity index (χ4n) is 5.95. The van der Waals surface area contributed by atoms with E-state index in [0.717, 1.165) is 37.5 Å². The minimum atomic E-state index is -1.35. The Morgan fingerprint density at radius 3 is 1.90 bits per heavy atom. The van der Waals surface area contributed by atoms with Gasteiger partial charge in [-0.1, -0.05) is 82.8 Å². The summed E-state index contributed by atoms with van der Waals surface area (Å²) in [6.45, 7) is 2.30. The lowest BCUT2D eigenvalue weighted by Gasteiger charge is -2.30. The van der Waals surface area contributed by atoms with Gasteiger partial charge in [0, 0.05) is 8.80 Å². The molecule has 30 heavy (non-hydrogen) atoms. The molecule has 0 bridgehead atoms. The predicted octanol–water partition coefficient (Wildman–Crippen LogP) is 8.77. The summed E-state index contributed by atoms with van der Waals surface area (Å²) < 4.78 is 40.2. The molecule has 0 aromatic heterocycles. The minimum absolute atomic E-state index is 0.183. The topological polar surface area (TPSA) is 0 Å². The van der Waals surface area contributed by atoms with Gasteiger partial charge in [-0.3, -0.25) is 0 Å². The monoisotopic (exact) mass is 438 g/mol. The van der Waals surface area contributed by atoms with Gasteiger partial charge in [-0.2, -0.15) is 0 Å². The normalized spacial score (nSPS) is 27.3. The number of hydrogen-bond acceptors (Lipinski definition) is 0. The van der Waals surface area contributed by atoms with Crippen molar-refractivity contribution in [1.29, 1.82) is 0 Å². The zero-order chi connectivity index (χ0) is 21.3. The fourth-order valence-corrected chi connectivity index (χ4v) is 9.57. The lowest BCUT2D eigenvalue weighted by atomic mass is 9.77. The van der Waals surface area contributed by atoms with E-state index in [1.54, 1.807) is 18.1 Å². The summed E-state index contributed by atoms with van der Waals surface area (Å²) >= 11 is 0. The fraction of sp³-hybridized carbons (Fsp3) is 0.769. The molecule has 0 spiro atoms. The highest BCUT2D eigenvalue weighted by molar-refractivity contribution is 6.58. The van der Waals surface area contributed by atoms with Gasteiger partial charge in [-0.25, -0.2) is 13.2 Å². The maximum Gasteiger partial charge on any atom is 0.194 e. The van der Waals surface area contributed by atoms with E-state index in [-0.39, 0.29) is 14.7 Å². The van der Waals surface area contributed by atoms with Crippen molar-refractivity contribution in [2.45, 2.75) is 114 Å². The van der Waals surface area contributed by atoms with Crippen LogP contribution in [0.5, 0.6) is 0 Å². The summed E-state index contributed by atoms with van der Waals surface area (Å²) in [5, 5.41) is 0. The standard InChI is InChI=1S/C26H41F3Si/c1-2-3-6-15-30-16-13-21(14-17-30)8-5-4-7-20-9-11-22(12-10-20)23-18-24(27)26(29)25(28)19-23/h18-22,30H,2-17H2,1H3/t20-,21-,22-,30-. The number of hydrogen-bond donors (Lipinski definition) is 0. The Balaban J connectivity index is 1.27. The van der Waals surface area contributed by atoms with E-state index >= 15 is 0 Å². The average molecular weight is 439 g/mol. The molecule has 0 radical (unpaired) electrons. The maximum absolute atomic E-state index is 13.5. The molecule has 0 nitrogen and oxygen atoms in total. The maximum atomic E-state index is 13.5. The minimum Gasteiger partial charge on any atom is -0.204 e. The molecule has 1 aliphatic heterocycles. The summed E-state index contributed by atoms with van der Waals surface area (Å²) in [4.78, 5) is 0. The van der Waals surface area contributed by atoms with Gasteiger partial charge in [0.15, 0.2) is 17.5 Å². The molecule has 2 aliphatic rings.